The molecule has 228 valence electrons. The van der Waals surface area contributed by atoms with Gasteiger partial charge in [-0.05, 0) is 96.7 Å². The molecule has 0 heterocycles. The predicted octanol–water partition coefficient (Wildman–Crippen LogP) is 7.18. The van der Waals surface area contributed by atoms with E-state index in [1.165, 1.54) is 0 Å². The first-order chi connectivity index (χ1) is 18.7. The van der Waals surface area contributed by atoms with Crippen LogP contribution in [-0.4, -0.2) is 35.7 Å². The molecule has 0 aromatic carbocycles. The van der Waals surface area contributed by atoms with Crippen molar-refractivity contribution in [1.82, 2.24) is 0 Å². The number of ketones is 1. The van der Waals surface area contributed by atoms with Gasteiger partial charge in [-0.1, -0.05) is 54.5 Å². The number of rotatable bonds is 2. The van der Waals surface area contributed by atoms with Gasteiger partial charge in [0, 0.05) is 5.41 Å². The minimum atomic E-state index is -4.59. The summed E-state index contributed by atoms with van der Waals surface area (Å²) >= 11 is 0. The highest BCUT2D eigenvalue weighted by molar-refractivity contribution is 6.04. The third-order valence-electron chi connectivity index (χ3n) is 13.5. The van der Waals surface area contributed by atoms with Gasteiger partial charge in [0.1, 0.15) is 6.07 Å². The summed E-state index contributed by atoms with van der Waals surface area (Å²) in [5.41, 5.74) is -2.78. The van der Waals surface area contributed by atoms with Gasteiger partial charge in [0.15, 0.2) is 12.4 Å². The molecule has 0 aliphatic heterocycles. The van der Waals surface area contributed by atoms with E-state index in [2.05, 4.69) is 40.7 Å². The van der Waals surface area contributed by atoms with Gasteiger partial charge in [0.2, 0.25) is 0 Å². The first kappa shape index (κ1) is 30.6. The number of nitriles is 1. The Morgan fingerprint density at radius 2 is 1.66 bits per heavy atom. The number of carbonyl (C=O) groups excluding carboxylic acids is 2. The first-order valence-corrected chi connectivity index (χ1v) is 15.3. The molecule has 9 atom stereocenters. The van der Waals surface area contributed by atoms with E-state index < -0.39 is 41.1 Å². The van der Waals surface area contributed by atoms with Crippen LogP contribution in [0.25, 0.3) is 0 Å². The Hall–Kier alpha value is -1.88. The fraction of sp³-hybridized carbons (Fsp3) is 0.848. The quantitative estimate of drug-likeness (QED) is 0.351. The lowest BCUT2D eigenvalue weighted by atomic mass is 9.31. The van der Waals surface area contributed by atoms with Crippen molar-refractivity contribution in [1.29, 1.82) is 5.26 Å². The number of esters is 1. The third kappa shape index (κ3) is 4.18. The first-order valence-electron chi connectivity index (χ1n) is 15.3. The number of ether oxygens (including phenoxy) is 1. The molecule has 0 spiro atoms. The molecular formula is C33H46F3NO4. The molecule has 0 bridgehead atoms. The molecule has 8 heteroatoms. The van der Waals surface area contributed by atoms with Crippen LogP contribution in [0.2, 0.25) is 0 Å². The highest BCUT2D eigenvalue weighted by atomic mass is 19.4. The highest BCUT2D eigenvalue weighted by Crippen LogP contribution is 2.76. The number of aliphatic hydroxyl groups is 1. The molecule has 0 amide bonds. The van der Waals surface area contributed by atoms with Crippen molar-refractivity contribution in [2.75, 3.05) is 6.61 Å². The second kappa shape index (κ2) is 9.07. The summed E-state index contributed by atoms with van der Waals surface area (Å²) in [5.74, 6) is -1.41. The smallest absolute Gasteiger partial charge is 0.422 e. The molecule has 5 rings (SSSR count). The second-order valence-corrected chi connectivity index (χ2v) is 16.2. The maximum Gasteiger partial charge on any atom is 0.422 e. The van der Waals surface area contributed by atoms with Crippen molar-refractivity contribution in [3.05, 3.63) is 11.6 Å². The van der Waals surface area contributed by atoms with E-state index in [9.17, 15) is 33.1 Å². The summed E-state index contributed by atoms with van der Waals surface area (Å²) < 4.78 is 44.3. The molecule has 5 aliphatic carbocycles. The average Bonchev–Trinajstić information content (AvgIpc) is 2.85. The van der Waals surface area contributed by atoms with Crippen molar-refractivity contribution in [2.24, 2.45) is 56.2 Å². The zero-order valence-corrected chi connectivity index (χ0v) is 25.6. The summed E-state index contributed by atoms with van der Waals surface area (Å²) in [6.07, 6.45) is 1.55. The SMILES string of the molecule is CC1(C)CC[C@]2(C(=O)OCC(F)(F)F)CC[C@]3(C)C(C(O)C[C@@H]4[C@@]5(C)C=C(C#N)C(=O)C(C)(C)C5CC[C@]43C)C2C1. The van der Waals surface area contributed by atoms with E-state index >= 15 is 0 Å². The van der Waals surface area contributed by atoms with Crippen LogP contribution in [0.15, 0.2) is 11.6 Å². The molecule has 0 aromatic heterocycles. The number of carbonyl (C=O) groups is 2. The molecular weight excluding hydrogens is 531 g/mol. The highest BCUT2D eigenvalue weighted by Gasteiger charge is 2.73. The lowest BCUT2D eigenvalue weighted by Gasteiger charge is -2.73. The van der Waals surface area contributed by atoms with Gasteiger partial charge in [-0.3, -0.25) is 9.59 Å². The van der Waals surface area contributed by atoms with E-state index in [0.717, 1.165) is 12.8 Å². The summed E-state index contributed by atoms with van der Waals surface area (Å²) in [4.78, 5) is 26.8. The zero-order valence-electron chi connectivity index (χ0n) is 25.6. The van der Waals surface area contributed by atoms with Gasteiger partial charge in [0.25, 0.3) is 0 Å². The molecule has 41 heavy (non-hydrogen) atoms. The maximum absolute atomic E-state index is 13.6. The van der Waals surface area contributed by atoms with Gasteiger partial charge >= 0.3 is 12.1 Å². The Morgan fingerprint density at radius 1 is 1.02 bits per heavy atom. The fourth-order valence-corrected chi connectivity index (χ4v) is 11.3. The number of alkyl halides is 3. The van der Waals surface area contributed by atoms with Crippen molar-refractivity contribution in [3.8, 4) is 6.07 Å². The van der Waals surface area contributed by atoms with E-state index in [4.69, 9.17) is 4.74 Å². The fourth-order valence-electron chi connectivity index (χ4n) is 11.3. The van der Waals surface area contributed by atoms with Crippen LogP contribution in [0.3, 0.4) is 0 Å². The van der Waals surface area contributed by atoms with Crippen LogP contribution in [0.4, 0.5) is 13.2 Å². The minimum absolute atomic E-state index is 0.00186. The lowest BCUT2D eigenvalue weighted by molar-refractivity contribution is -0.263. The van der Waals surface area contributed by atoms with Crippen LogP contribution in [-0.2, 0) is 14.3 Å². The Balaban J connectivity index is 1.59. The number of halogens is 3. The van der Waals surface area contributed by atoms with Crippen molar-refractivity contribution in [3.63, 3.8) is 0 Å². The van der Waals surface area contributed by atoms with E-state index in [1.807, 2.05) is 19.9 Å². The number of allylic oxidation sites excluding steroid dienone is 2. The standard InChI is InChI=1S/C33H46F3NO4/c1-27(2)10-12-32(26(40)41-18-33(34,35)36)13-11-31(7)24(20(32)16-27)21(38)14-23-29(5)15-19(17-37)25(39)28(3,4)22(29)8-9-30(23,31)6/h15,20-24,38H,8-14,16,18H2,1-7H3/t20?,21?,22?,23-,24?,29+,30-,31-,32+/m1/s1. The van der Waals surface area contributed by atoms with Crippen LogP contribution in [0, 0.1) is 67.5 Å². The van der Waals surface area contributed by atoms with Gasteiger partial charge in [-0.2, -0.15) is 18.4 Å². The number of fused-ring (bicyclic) bond motifs is 7. The predicted molar refractivity (Wildman–Crippen MR) is 147 cm³/mol. The van der Waals surface area contributed by atoms with Crippen LogP contribution >= 0.6 is 0 Å². The topological polar surface area (TPSA) is 87.4 Å². The van der Waals surface area contributed by atoms with Crippen molar-refractivity contribution in [2.45, 2.75) is 112 Å². The summed E-state index contributed by atoms with van der Waals surface area (Å²) in [6, 6.07) is 2.16. The minimum Gasteiger partial charge on any atom is -0.456 e. The Kier molecular flexibility index (Phi) is 6.76. The molecule has 4 fully saturated rings. The molecule has 4 saturated carbocycles. The molecule has 5 aliphatic rings. The van der Waals surface area contributed by atoms with Crippen LogP contribution < -0.4 is 0 Å². The molecule has 1 N–H and O–H groups in total. The Morgan fingerprint density at radius 3 is 2.27 bits per heavy atom. The van der Waals surface area contributed by atoms with Gasteiger partial charge in [-0.15, -0.1) is 0 Å². The average molecular weight is 578 g/mol. The number of Topliss-reactive ketones (excluding diaryl/α,β-unsaturated/α-hetero) is 1. The van der Waals surface area contributed by atoms with E-state index in [0.29, 0.717) is 38.5 Å². The monoisotopic (exact) mass is 577 g/mol. The third-order valence-corrected chi connectivity index (χ3v) is 13.5. The van der Waals surface area contributed by atoms with Gasteiger partial charge in [0.05, 0.1) is 17.1 Å². The summed E-state index contributed by atoms with van der Waals surface area (Å²) in [5, 5.41) is 22.0. The van der Waals surface area contributed by atoms with Crippen LogP contribution in [0.5, 0.6) is 0 Å². The van der Waals surface area contributed by atoms with E-state index in [-0.39, 0.29) is 51.3 Å². The van der Waals surface area contributed by atoms with E-state index in [1.54, 1.807) is 0 Å². The Labute approximate surface area is 242 Å². The van der Waals surface area contributed by atoms with Crippen LogP contribution in [0.1, 0.15) is 99.8 Å². The zero-order chi connectivity index (χ0) is 30.6. The van der Waals surface area contributed by atoms with Gasteiger partial charge in [-0.25, -0.2) is 0 Å². The molecule has 5 nitrogen and oxygen atoms in total. The van der Waals surface area contributed by atoms with Crippen molar-refractivity contribution < 1.29 is 32.6 Å². The summed E-state index contributed by atoms with van der Waals surface area (Å²) in [7, 11) is 0. The van der Waals surface area contributed by atoms with Gasteiger partial charge < -0.3 is 9.84 Å². The van der Waals surface area contributed by atoms with Crippen molar-refractivity contribution >= 4 is 11.8 Å². The lowest BCUT2D eigenvalue weighted by Crippen LogP contribution is -2.70. The number of aliphatic hydroxyl groups excluding tert-OH is 1. The maximum atomic E-state index is 13.6. The largest absolute Gasteiger partial charge is 0.456 e. The number of hydrogen-bond acceptors (Lipinski definition) is 5. The summed E-state index contributed by atoms with van der Waals surface area (Å²) in [6.45, 7) is 13.3. The molecule has 0 radical (unpaired) electrons. The Bertz CT molecular complexity index is 1220. The number of nitrogens with zero attached hydrogens (tertiary/aromatic N) is 1. The normalized spacial score (nSPS) is 46.5. The molecule has 0 aromatic rings. The second-order valence-electron chi connectivity index (χ2n) is 16.2. The molecule has 4 unspecified atom stereocenters. The molecule has 0 saturated heterocycles. The number of hydrogen-bond donors (Lipinski definition) is 1.